The van der Waals surface area contributed by atoms with Crippen LogP contribution in [0.3, 0.4) is 0 Å². The van der Waals surface area contributed by atoms with Gasteiger partial charge in [-0.25, -0.2) is 0 Å². The lowest BCUT2D eigenvalue weighted by Gasteiger charge is -2.10. The fourth-order valence-corrected chi connectivity index (χ4v) is 2.37. The third-order valence-corrected chi connectivity index (χ3v) is 3.81. The zero-order valence-corrected chi connectivity index (χ0v) is 13.3. The van der Waals surface area contributed by atoms with Gasteiger partial charge in [-0.05, 0) is 31.8 Å². The second kappa shape index (κ2) is 14.8. The number of thioether (sulfide) groups is 2. The maximum Gasteiger partial charge on any atom is 0.191 e. The van der Waals surface area contributed by atoms with Gasteiger partial charge in [-0.3, -0.25) is 4.99 Å². The van der Waals surface area contributed by atoms with Crippen LogP contribution in [0.25, 0.3) is 0 Å². The summed E-state index contributed by atoms with van der Waals surface area (Å²) in [7, 11) is 0. The summed E-state index contributed by atoms with van der Waals surface area (Å²) in [6.07, 6.45) is 6.51. The topological polar surface area (TPSA) is 36.4 Å². The van der Waals surface area contributed by atoms with Crippen molar-refractivity contribution in [2.24, 2.45) is 4.99 Å². The van der Waals surface area contributed by atoms with Crippen LogP contribution in [-0.2, 0) is 0 Å². The van der Waals surface area contributed by atoms with E-state index in [1.165, 1.54) is 18.6 Å². The molecule has 0 aromatic carbocycles. The lowest BCUT2D eigenvalue weighted by Crippen LogP contribution is -2.38. The van der Waals surface area contributed by atoms with E-state index < -0.39 is 0 Å². The van der Waals surface area contributed by atoms with E-state index in [2.05, 4.69) is 35.4 Å². The molecule has 18 heavy (non-hydrogen) atoms. The number of hydrogen-bond donors (Lipinski definition) is 2. The van der Waals surface area contributed by atoms with Crippen molar-refractivity contribution in [1.82, 2.24) is 10.6 Å². The van der Waals surface area contributed by atoms with Crippen LogP contribution in [0, 0.1) is 0 Å². The molecule has 0 unspecified atom stereocenters. The molecule has 106 valence electrons. The standard InChI is InChI=1S/C13H27N3S2/c1-4-10-18-12-9-16-13(14-5-2)15-8-6-7-11-17-3/h4H,1,5-12H2,2-3H3,(H2,14,15,16). The number of guanidine groups is 1. The van der Waals surface area contributed by atoms with Crippen molar-refractivity contribution < 1.29 is 0 Å². The molecule has 0 aliphatic rings. The number of hydrogen-bond acceptors (Lipinski definition) is 3. The highest BCUT2D eigenvalue weighted by Crippen LogP contribution is 1.99. The smallest absolute Gasteiger partial charge is 0.191 e. The molecule has 0 saturated heterocycles. The average Bonchev–Trinajstić information content (AvgIpc) is 2.38. The summed E-state index contributed by atoms with van der Waals surface area (Å²) in [4.78, 5) is 4.56. The highest BCUT2D eigenvalue weighted by molar-refractivity contribution is 7.99. The number of unbranched alkanes of at least 4 members (excludes halogenated alkanes) is 1. The molecular formula is C13H27N3S2. The van der Waals surface area contributed by atoms with Gasteiger partial charge >= 0.3 is 0 Å². The molecule has 0 amide bonds. The molecule has 0 heterocycles. The Morgan fingerprint density at radius 3 is 2.78 bits per heavy atom. The third-order valence-electron chi connectivity index (χ3n) is 2.15. The van der Waals surface area contributed by atoms with Crippen molar-refractivity contribution in [2.75, 3.05) is 43.1 Å². The van der Waals surface area contributed by atoms with Gasteiger partial charge in [0.05, 0.1) is 0 Å². The Bertz CT molecular complexity index is 220. The Balaban J connectivity index is 3.68. The van der Waals surface area contributed by atoms with Gasteiger partial charge in [0.15, 0.2) is 5.96 Å². The van der Waals surface area contributed by atoms with Crippen LogP contribution >= 0.6 is 23.5 Å². The lowest BCUT2D eigenvalue weighted by atomic mass is 10.3. The zero-order valence-electron chi connectivity index (χ0n) is 11.7. The zero-order chi connectivity index (χ0) is 13.5. The first kappa shape index (κ1) is 17.7. The largest absolute Gasteiger partial charge is 0.357 e. The molecule has 0 rings (SSSR count). The molecule has 0 aromatic rings. The molecule has 0 fully saturated rings. The van der Waals surface area contributed by atoms with E-state index in [1.807, 2.05) is 29.6 Å². The monoisotopic (exact) mass is 289 g/mol. The second-order valence-electron chi connectivity index (χ2n) is 3.75. The van der Waals surface area contributed by atoms with Gasteiger partial charge in [-0.1, -0.05) is 6.08 Å². The first-order valence-electron chi connectivity index (χ1n) is 6.54. The molecule has 0 aromatic heterocycles. The van der Waals surface area contributed by atoms with Gasteiger partial charge in [-0.2, -0.15) is 23.5 Å². The maximum atomic E-state index is 4.56. The summed E-state index contributed by atoms with van der Waals surface area (Å²) in [5.41, 5.74) is 0. The molecule has 0 bridgehead atoms. The van der Waals surface area contributed by atoms with Crippen LogP contribution in [0.15, 0.2) is 17.6 Å². The summed E-state index contributed by atoms with van der Waals surface area (Å²) in [6, 6.07) is 0. The summed E-state index contributed by atoms with van der Waals surface area (Å²) < 4.78 is 0. The molecule has 0 aliphatic heterocycles. The maximum absolute atomic E-state index is 4.56. The fraction of sp³-hybridized carbons (Fsp3) is 0.769. The second-order valence-corrected chi connectivity index (χ2v) is 5.89. The molecule has 0 atom stereocenters. The van der Waals surface area contributed by atoms with E-state index in [-0.39, 0.29) is 0 Å². The van der Waals surface area contributed by atoms with Crippen molar-refractivity contribution in [3.8, 4) is 0 Å². The Labute approximate surface area is 121 Å². The van der Waals surface area contributed by atoms with Crippen molar-refractivity contribution in [3.05, 3.63) is 12.7 Å². The molecule has 0 aliphatic carbocycles. The van der Waals surface area contributed by atoms with Gasteiger partial charge in [-0.15, -0.1) is 6.58 Å². The molecule has 3 nitrogen and oxygen atoms in total. The number of aliphatic imine (C=N–C) groups is 1. The quantitative estimate of drug-likeness (QED) is 0.265. The van der Waals surface area contributed by atoms with Crippen molar-refractivity contribution in [2.45, 2.75) is 19.8 Å². The minimum atomic E-state index is 0.912. The first-order chi connectivity index (χ1) is 8.85. The number of nitrogens with zero attached hydrogens (tertiary/aromatic N) is 1. The highest BCUT2D eigenvalue weighted by atomic mass is 32.2. The van der Waals surface area contributed by atoms with Crippen molar-refractivity contribution in [3.63, 3.8) is 0 Å². The minimum Gasteiger partial charge on any atom is -0.357 e. The van der Waals surface area contributed by atoms with Crippen LogP contribution < -0.4 is 10.6 Å². The molecule has 0 radical (unpaired) electrons. The predicted molar refractivity (Wildman–Crippen MR) is 89.1 cm³/mol. The van der Waals surface area contributed by atoms with Gasteiger partial charge in [0.1, 0.15) is 0 Å². The van der Waals surface area contributed by atoms with E-state index >= 15 is 0 Å². The van der Waals surface area contributed by atoms with Gasteiger partial charge in [0, 0.05) is 31.1 Å². The van der Waals surface area contributed by atoms with E-state index in [4.69, 9.17) is 0 Å². The lowest BCUT2D eigenvalue weighted by molar-refractivity contribution is 0.786. The summed E-state index contributed by atoms with van der Waals surface area (Å²) >= 11 is 3.78. The minimum absolute atomic E-state index is 0.912. The van der Waals surface area contributed by atoms with E-state index in [1.54, 1.807) is 0 Å². The molecule has 2 N–H and O–H groups in total. The molecule has 0 spiro atoms. The summed E-state index contributed by atoms with van der Waals surface area (Å²) in [6.45, 7) is 8.58. The van der Waals surface area contributed by atoms with Crippen LogP contribution in [0.1, 0.15) is 19.8 Å². The highest BCUT2D eigenvalue weighted by Gasteiger charge is 1.95. The Kier molecular flexibility index (Phi) is 14.5. The summed E-state index contributed by atoms with van der Waals surface area (Å²) in [5, 5.41) is 6.62. The van der Waals surface area contributed by atoms with Gasteiger partial charge in [0.25, 0.3) is 0 Å². The Hall–Kier alpha value is -0.290. The number of nitrogens with one attached hydrogen (secondary N) is 2. The van der Waals surface area contributed by atoms with Crippen molar-refractivity contribution in [1.29, 1.82) is 0 Å². The SMILES string of the molecule is C=CCSCCNC(=NCCCCSC)NCC. The fourth-order valence-electron chi connectivity index (χ4n) is 1.30. The van der Waals surface area contributed by atoms with E-state index in [9.17, 15) is 0 Å². The van der Waals surface area contributed by atoms with Crippen molar-refractivity contribution >= 4 is 29.5 Å². The van der Waals surface area contributed by atoms with Crippen LogP contribution in [0.2, 0.25) is 0 Å². The predicted octanol–water partition coefficient (Wildman–Crippen LogP) is 2.60. The normalized spacial score (nSPS) is 11.3. The van der Waals surface area contributed by atoms with E-state index in [0.717, 1.165) is 37.1 Å². The number of rotatable bonds is 11. The summed E-state index contributed by atoms with van der Waals surface area (Å²) in [5.74, 6) is 4.28. The first-order valence-corrected chi connectivity index (χ1v) is 9.09. The molecule has 5 heteroatoms. The molecular weight excluding hydrogens is 262 g/mol. The van der Waals surface area contributed by atoms with Crippen LogP contribution in [0.4, 0.5) is 0 Å². The van der Waals surface area contributed by atoms with Gasteiger partial charge < -0.3 is 10.6 Å². The molecule has 0 saturated carbocycles. The third kappa shape index (κ3) is 12.2. The average molecular weight is 290 g/mol. The van der Waals surface area contributed by atoms with E-state index in [0.29, 0.717) is 0 Å². The van der Waals surface area contributed by atoms with Crippen LogP contribution in [0.5, 0.6) is 0 Å². The Morgan fingerprint density at radius 2 is 2.11 bits per heavy atom. The van der Waals surface area contributed by atoms with Crippen LogP contribution in [-0.4, -0.2) is 49.1 Å². The Morgan fingerprint density at radius 1 is 1.28 bits per heavy atom. The van der Waals surface area contributed by atoms with Gasteiger partial charge in [0.2, 0.25) is 0 Å².